The summed E-state index contributed by atoms with van der Waals surface area (Å²) >= 11 is 0. The summed E-state index contributed by atoms with van der Waals surface area (Å²) < 4.78 is 27.0. The van der Waals surface area contributed by atoms with Gasteiger partial charge >= 0.3 is 0 Å². The van der Waals surface area contributed by atoms with Gasteiger partial charge < -0.3 is 14.9 Å². The van der Waals surface area contributed by atoms with Crippen molar-refractivity contribution in [1.29, 1.82) is 0 Å². The monoisotopic (exact) mass is 491 g/mol. The summed E-state index contributed by atoms with van der Waals surface area (Å²) in [5.41, 5.74) is 3.20. The number of carbonyl (C=O) groups excluding carboxylic acids is 1. The molecule has 2 heterocycles. The van der Waals surface area contributed by atoms with Gasteiger partial charge in [-0.15, -0.1) is 0 Å². The van der Waals surface area contributed by atoms with E-state index in [-0.39, 0.29) is 11.2 Å². The van der Waals surface area contributed by atoms with Crippen molar-refractivity contribution < 1.29 is 18.3 Å². The maximum absolute atomic E-state index is 13.1. The number of rotatable bonds is 6. The van der Waals surface area contributed by atoms with E-state index in [1.807, 2.05) is 53.4 Å². The Morgan fingerprint density at radius 3 is 2.17 bits per heavy atom. The Kier molecular flexibility index (Phi) is 5.09. The van der Waals surface area contributed by atoms with Gasteiger partial charge in [0.25, 0.3) is 5.91 Å². The second-order valence-electron chi connectivity index (χ2n) is 9.96. The van der Waals surface area contributed by atoms with Gasteiger partial charge in [-0.3, -0.25) is 4.79 Å². The molecule has 7 nitrogen and oxygen atoms in total. The van der Waals surface area contributed by atoms with Crippen LogP contribution >= 0.6 is 0 Å². The number of hydrogen-bond acceptors (Lipinski definition) is 5. The van der Waals surface area contributed by atoms with Crippen molar-refractivity contribution in [2.24, 2.45) is 0 Å². The number of hydrogen-bond donors (Lipinski definition) is 1. The Morgan fingerprint density at radius 1 is 0.914 bits per heavy atom. The zero-order chi connectivity index (χ0) is 24.4. The lowest BCUT2D eigenvalue weighted by Crippen LogP contribution is -2.49. The molecule has 8 heteroatoms. The van der Waals surface area contributed by atoms with E-state index in [2.05, 4.69) is 11.5 Å². The van der Waals surface area contributed by atoms with Gasteiger partial charge in [0, 0.05) is 49.0 Å². The zero-order valence-electron chi connectivity index (χ0n) is 19.6. The minimum atomic E-state index is -3.35. The van der Waals surface area contributed by atoms with Crippen LogP contribution in [0.3, 0.4) is 0 Å². The third-order valence-corrected chi connectivity index (χ3v) is 9.73. The molecule has 3 fully saturated rings. The molecule has 1 amide bonds. The van der Waals surface area contributed by atoms with Crippen LogP contribution in [0.2, 0.25) is 0 Å². The SMILES string of the molecule is C=C(N1CCN(C(=O)c2ccc(-c3ccc4ccn(S(=O)(=O)C5CC5)c4c3)cc2)CC1)C1(O)CC1. The fourth-order valence-corrected chi connectivity index (χ4v) is 6.62. The van der Waals surface area contributed by atoms with Crippen molar-refractivity contribution in [3.05, 3.63) is 72.6 Å². The number of fused-ring (bicyclic) bond motifs is 1. The number of aromatic nitrogens is 1. The molecule has 1 aliphatic heterocycles. The van der Waals surface area contributed by atoms with Crippen LogP contribution in [0.4, 0.5) is 0 Å². The van der Waals surface area contributed by atoms with E-state index in [1.54, 1.807) is 6.20 Å². The van der Waals surface area contributed by atoms with Crippen LogP contribution in [0, 0.1) is 0 Å². The van der Waals surface area contributed by atoms with E-state index >= 15 is 0 Å². The fourth-order valence-electron chi connectivity index (χ4n) is 4.90. The molecule has 0 unspecified atom stereocenters. The van der Waals surface area contributed by atoms with Crippen LogP contribution in [-0.4, -0.2) is 70.2 Å². The Balaban J connectivity index is 1.17. The average Bonchev–Trinajstić information content (AvgIpc) is 3.81. The van der Waals surface area contributed by atoms with Gasteiger partial charge in [-0.2, -0.15) is 0 Å². The minimum Gasteiger partial charge on any atom is -0.384 e. The fraction of sp³-hybridized carbons (Fsp3) is 0.370. The molecule has 182 valence electrons. The Labute approximate surface area is 205 Å². The molecule has 3 aromatic rings. The van der Waals surface area contributed by atoms with Crippen LogP contribution in [0.15, 0.2) is 67.0 Å². The summed E-state index contributed by atoms with van der Waals surface area (Å²) in [5, 5.41) is 10.9. The highest BCUT2D eigenvalue weighted by Crippen LogP contribution is 2.42. The predicted molar refractivity (Wildman–Crippen MR) is 136 cm³/mol. The van der Waals surface area contributed by atoms with Gasteiger partial charge in [0.2, 0.25) is 10.0 Å². The number of carbonyl (C=O) groups is 1. The van der Waals surface area contributed by atoms with E-state index in [1.165, 1.54) is 3.97 Å². The van der Waals surface area contributed by atoms with Crippen molar-refractivity contribution in [3.63, 3.8) is 0 Å². The summed E-state index contributed by atoms with van der Waals surface area (Å²) in [4.78, 5) is 17.0. The van der Waals surface area contributed by atoms with E-state index < -0.39 is 15.6 Å². The van der Waals surface area contributed by atoms with Gasteiger partial charge in [0.15, 0.2) is 0 Å². The summed E-state index contributed by atoms with van der Waals surface area (Å²) in [6.45, 7) is 6.60. The molecule has 2 saturated carbocycles. The summed E-state index contributed by atoms with van der Waals surface area (Å²) in [6, 6.07) is 15.2. The van der Waals surface area contributed by atoms with Crippen LogP contribution in [0.1, 0.15) is 36.0 Å². The quantitative estimate of drug-likeness (QED) is 0.571. The number of aliphatic hydroxyl groups is 1. The summed E-state index contributed by atoms with van der Waals surface area (Å²) in [7, 11) is -3.35. The smallest absolute Gasteiger partial charge is 0.253 e. The van der Waals surface area contributed by atoms with Crippen LogP contribution < -0.4 is 0 Å². The Bertz CT molecular complexity index is 1420. The molecule has 0 atom stereocenters. The first-order valence-corrected chi connectivity index (χ1v) is 13.7. The first-order chi connectivity index (χ1) is 16.8. The number of benzene rings is 2. The first-order valence-electron chi connectivity index (χ1n) is 12.2. The normalized spacial score (nSPS) is 19.7. The van der Waals surface area contributed by atoms with Gasteiger partial charge in [-0.05, 0) is 61.1 Å². The van der Waals surface area contributed by atoms with E-state index in [0.717, 1.165) is 47.9 Å². The standard InChI is InChI=1S/C27H29N3O4S/c1-19(27(32)11-12-27)28-14-16-29(17-15-28)26(31)22-5-2-20(3-6-22)23-7-4-21-10-13-30(25(21)18-23)35(33,34)24-8-9-24/h2-7,10,13,18,24,32H,1,8-9,11-12,14-17H2. The predicted octanol–water partition coefficient (Wildman–Crippen LogP) is 3.45. The van der Waals surface area contributed by atoms with Gasteiger partial charge in [0.1, 0.15) is 5.60 Å². The molecule has 0 radical (unpaired) electrons. The largest absolute Gasteiger partial charge is 0.384 e. The minimum absolute atomic E-state index is 0.00759. The number of nitrogens with zero attached hydrogens (tertiary/aromatic N) is 3. The Morgan fingerprint density at radius 2 is 1.54 bits per heavy atom. The third kappa shape index (κ3) is 3.94. The molecular formula is C27H29N3O4S. The van der Waals surface area contributed by atoms with Crippen LogP contribution in [0.25, 0.3) is 22.0 Å². The number of amides is 1. The molecule has 0 bridgehead atoms. The molecule has 35 heavy (non-hydrogen) atoms. The molecule has 6 rings (SSSR count). The van der Waals surface area contributed by atoms with Crippen molar-refractivity contribution in [3.8, 4) is 11.1 Å². The van der Waals surface area contributed by atoms with Crippen LogP contribution in [0.5, 0.6) is 0 Å². The molecule has 1 saturated heterocycles. The molecule has 2 aromatic carbocycles. The lowest BCUT2D eigenvalue weighted by Gasteiger charge is -2.38. The van der Waals surface area contributed by atoms with Crippen molar-refractivity contribution >= 4 is 26.8 Å². The Hall–Kier alpha value is -3.10. The second kappa shape index (κ2) is 7.96. The first kappa shape index (κ1) is 22.4. The lowest BCUT2D eigenvalue weighted by molar-refractivity contribution is 0.0622. The second-order valence-corrected chi connectivity index (χ2v) is 12.1. The number of piperazine rings is 1. The topological polar surface area (TPSA) is 82.8 Å². The van der Waals surface area contributed by atoms with Gasteiger partial charge in [0.05, 0.1) is 10.8 Å². The maximum atomic E-state index is 13.1. The average molecular weight is 492 g/mol. The highest BCUT2D eigenvalue weighted by molar-refractivity contribution is 7.91. The molecule has 2 aliphatic carbocycles. The van der Waals surface area contributed by atoms with Crippen LogP contribution in [-0.2, 0) is 10.0 Å². The molecule has 3 aliphatic rings. The summed E-state index contributed by atoms with van der Waals surface area (Å²) in [5.74, 6) is -0.00759. The lowest BCUT2D eigenvalue weighted by atomic mass is 10.0. The van der Waals surface area contributed by atoms with E-state index in [9.17, 15) is 18.3 Å². The molecule has 1 N–H and O–H groups in total. The van der Waals surface area contributed by atoms with Crippen molar-refractivity contribution in [2.45, 2.75) is 36.5 Å². The highest BCUT2D eigenvalue weighted by atomic mass is 32.2. The third-order valence-electron chi connectivity index (χ3n) is 7.55. The van der Waals surface area contributed by atoms with Crippen molar-refractivity contribution in [1.82, 2.24) is 13.8 Å². The molecular weight excluding hydrogens is 462 g/mol. The maximum Gasteiger partial charge on any atom is 0.253 e. The van der Waals surface area contributed by atoms with E-state index in [4.69, 9.17) is 0 Å². The molecule has 0 spiro atoms. The zero-order valence-corrected chi connectivity index (χ0v) is 20.4. The molecule has 1 aromatic heterocycles. The van der Waals surface area contributed by atoms with Gasteiger partial charge in [-0.25, -0.2) is 12.4 Å². The van der Waals surface area contributed by atoms with Crippen molar-refractivity contribution in [2.75, 3.05) is 26.2 Å². The van der Waals surface area contributed by atoms with Gasteiger partial charge in [-0.1, -0.05) is 30.8 Å². The summed E-state index contributed by atoms with van der Waals surface area (Å²) in [6.07, 6.45) is 4.63. The van der Waals surface area contributed by atoms with E-state index in [0.29, 0.717) is 37.3 Å². The highest BCUT2D eigenvalue weighted by Gasteiger charge is 2.45.